The summed E-state index contributed by atoms with van der Waals surface area (Å²) in [5.41, 5.74) is 4.62. The number of rotatable bonds is 3. The molecule has 4 nitrogen and oxygen atoms in total. The van der Waals surface area contributed by atoms with Crippen LogP contribution in [-0.4, -0.2) is 15.0 Å². The number of benzene rings is 8. The molecule has 0 saturated carbocycles. The first kappa shape index (κ1) is 25.9. The van der Waals surface area contributed by atoms with Crippen molar-refractivity contribution < 1.29 is 4.42 Å². The fourth-order valence-corrected chi connectivity index (χ4v) is 7.16. The van der Waals surface area contributed by atoms with Crippen molar-refractivity contribution in [1.29, 1.82) is 0 Å². The minimum Gasteiger partial charge on any atom is -0.456 e. The molecule has 0 spiro atoms. The van der Waals surface area contributed by atoms with E-state index in [0.29, 0.717) is 17.5 Å². The fourth-order valence-electron chi connectivity index (χ4n) is 7.16. The molecule has 0 amide bonds. The highest BCUT2D eigenvalue weighted by molar-refractivity contribution is 6.21. The first-order valence-electron chi connectivity index (χ1n) is 15.8. The van der Waals surface area contributed by atoms with Crippen molar-refractivity contribution in [3.63, 3.8) is 0 Å². The molecule has 10 aromatic rings. The molecule has 0 aliphatic heterocycles. The Labute approximate surface area is 269 Å². The second kappa shape index (κ2) is 10.1. The molecule has 2 heterocycles. The van der Waals surface area contributed by atoms with E-state index in [4.69, 9.17) is 19.4 Å². The van der Waals surface area contributed by atoms with E-state index in [0.717, 1.165) is 54.8 Å². The highest BCUT2D eigenvalue weighted by Crippen LogP contribution is 2.39. The molecule has 0 radical (unpaired) electrons. The predicted octanol–water partition coefficient (Wildman–Crippen LogP) is 11.4. The summed E-state index contributed by atoms with van der Waals surface area (Å²) in [6.45, 7) is 0. The van der Waals surface area contributed by atoms with Gasteiger partial charge < -0.3 is 4.42 Å². The molecular weight excluding hydrogens is 574 g/mol. The average molecular weight is 600 g/mol. The highest BCUT2D eigenvalue weighted by atomic mass is 16.3. The van der Waals surface area contributed by atoms with Crippen LogP contribution in [0.5, 0.6) is 0 Å². The van der Waals surface area contributed by atoms with Gasteiger partial charge >= 0.3 is 0 Å². The van der Waals surface area contributed by atoms with Crippen LogP contribution in [-0.2, 0) is 0 Å². The smallest absolute Gasteiger partial charge is 0.164 e. The molecule has 10 rings (SSSR count). The van der Waals surface area contributed by atoms with E-state index >= 15 is 0 Å². The quantitative estimate of drug-likeness (QED) is 0.190. The molecule has 0 atom stereocenters. The zero-order valence-electron chi connectivity index (χ0n) is 25.2. The number of hydrogen-bond acceptors (Lipinski definition) is 4. The van der Waals surface area contributed by atoms with Crippen molar-refractivity contribution in [3.8, 4) is 34.2 Å². The Bertz CT molecular complexity index is 2850. The number of aromatic nitrogens is 3. The summed E-state index contributed by atoms with van der Waals surface area (Å²) in [6.07, 6.45) is 0. The van der Waals surface area contributed by atoms with Crippen LogP contribution in [0.4, 0.5) is 0 Å². The van der Waals surface area contributed by atoms with Crippen LogP contribution >= 0.6 is 0 Å². The van der Waals surface area contributed by atoms with Gasteiger partial charge in [0.1, 0.15) is 11.2 Å². The Kier molecular flexibility index (Phi) is 5.54. The molecular formula is C43H25N3O. The van der Waals surface area contributed by atoms with E-state index in [1.54, 1.807) is 0 Å². The summed E-state index contributed by atoms with van der Waals surface area (Å²) in [6, 6.07) is 52.7. The van der Waals surface area contributed by atoms with E-state index in [9.17, 15) is 0 Å². The van der Waals surface area contributed by atoms with Gasteiger partial charge in [0.25, 0.3) is 0 Å². The Morgan fingerprint density at radius 2 is 0.872 bits per heavy atom. The molecule has 0 fully saturated rings. The number of fused-ring (bicyclic) bond motifs is 10. The molecule has 0 saturated heterocycles. The van der Waals surface area contributed by atoms with Crippen LogP contribution in [0.1, 0.15) is 0 Å². The lowest BCUT2D eigenvalue weighted by Gasteiger charge is -2.13. The third-order valence-electron chi connectivity index (χ3n) is 9.33. The van der Waals surface area contributed by atoms with Gasteiger partial charge in [-0.25, -0.2) is 15.0 Å². The van der Waals surface area contributed by atoms with Crippen LogP contribution in [0.2, 0.25) is 0 Å². The van der Waals surface area contributed by atoms with Crippen molar-refractivity contribution in [3.05, 3.63) is 152 Å². The zero-order valence-corrected chi connectivity index (χ0v) is 25.2. The normalized spacial score (nSPS) is 11.8. The van der Waals surface area contributed by atoms with Crippen molar-refractivity contribution in [2.45, 2.75) is 0 Å². The molecule has 47 heavy (non-hydrogen) atoms. The number of para-hydroxylation sites is 1. The number of furan rings is 1. The largest absolute Gasteiger partial charge is 0.456 e. The van der Waals surface area contributed by atoms with Crippen molar-refractivity contribution in [1.82, 2.24) is 15.0 Å². The molecule has 0 N–H and O–H groups in total. The first-order chi connectivity index (χ1) is 23.3. The summed E-state index contributed by atoms with van der Waals surface area (Å²) in [5.74, 6) is 1.92. The Morgan fingerprint density at radius 3 is 1.70 bits per heavy atom. The standard InChI is InChI=1S/C43H25N3O/c1-2-11-27(12-3-1)41-44-42(35-17-8-15-29-31-21-20-26-10-4-5-13-28(26)30(31)22-23-32(29)35)46-43(45-41)36-18-9-16-34-33(36)24-25-39-40(34)37-14-6-7-19-38(37)47-39/h1-25H. The molecule has 218 valence electrons. The molecule has 2 aromatic heterocycles. The maximum Gasteiger partial charge on any atom is 0.164 e. The lowest BCUT2D eigenvalue weighted by Crippen LogP contribution is -2.01. The topological polar surface area (TPSA) is 51.8 Å². The van der Waals surface area contributed by atoms with E-state index < -0.39 is 0 Å². The third-order valence-corrected chi connectivity index (χ3v) is 9.33. The Hall–Kier alpha value is -6.39. The third kappa shape index (κ3) is 3.98. The van der Waals surface area contributed by atoms with Crippen LogP contribution in [0.15, 0.2) is 156 Å². The van der Waals surface area contributed by atoms with Crippen LogP contribution < -0.4 is 0 Å². The fraction of sp³-hybridized carbons (Fsp3) is 0. The molecule has 8 aromatic carbocycles. The SMILES string of the molecule is c1ccc(-c2nc(-c3cccc4c3ccc3c5ccccc5ccc43)nc(-c3cccc4c3ccc3oc5ccccc5c34)n2)cc1. The molecule has 4 heteroatoms. The van der Waals surface area contributed by atoms with E-state index in [2.05, 4.69) is 121 Å². The van der Waals surface area contributed by atoms with Gasteiger partial charge in [-0.1, -0.05) is 133 Å². The molecule has 0 bridgehead atoms. The summed E-state index contributed by atoms with van der Waals surface area (Å²) < 4.78 is 6.21. The monoisotopic (exact) mass is 599 g/mol. The van der Waals surface area contributed by atoms with Gasteiger partial charge in [-0.2, -0.15) is 0 Å². The van der Waals surface area contributed by atoms with Crippen molar-refractivity contribution >= 4 is 65.0 Å². The average Bonchev–Trinajstić information content (AvgIpc) is 3.53. The first-order valence-corrected chi connectivity index (χ1v) is 15.8. The van der Waals surface area contributed by atoms with Crippen molar-refractivity contribution in [2.75, 3.05) is 0 Å². The molecule has 0 aliphatic rings. The van der Waals surface area contributed by atoms with Crippen LogP contribution in [0.25, 0.3) is 99.2 Å². The minimum atomic E-state index is 0.635. The second-order valence-electron chi connectivity index (χ2n) is 12.0. The Morgan fingerprint density at radius 1 is 0.319 bits per heavy atom. The van der Waals surface area contributed by atoms with Gasteiger partial charge in [0.05, 0.1) is 0 Å². The van der Waals surface area contributed by atoms with Crippen LogP contribution in [0.3, 0.4) is 0 Å². The second-order valence-corrected chi connectivity index (χ2v) is 12.0. The predicted molar refractivity (Wildman–Crippen MR) is 193 cm³/mol. The zero-order chi connectivity index (χ0) is 30.9. The van der Waals surface area contributed by atoms with Gasteiger partial charge in [0, 0.05) is 27.5 Å². The van der Waals surface area contributed by atoms with Crippen molar-refractivity contribution in [2.24, 2.45) is 0 Å². The van der Waals surface area contributed by atoms with E-state index in [1.165, 1.54) is 26.9 Å². The summed E-state index contributed by atoms with van der Waals surface area (Å²) in [7, 11) is 0. The number of hydrogen-bond donors (Lipinski definition) is 0. The molecule has 0 unspecified atom stereocenters. The van der Waals surface area contributed by atoms with Gasteiger partial charge in [0.2, 0.25) is 0 Å². The van der Waals surface area contributed by atoms with Crippen LogP contribution in [0, 0.1) is 0 Å². The van der Waals surface area contributed by atoms with E-state index in [1.807, 2.05) is 30.3 Å². The summed E-state index contributed by atoms with van der Waals surface area (Å²) in [5, 5.41) is 11.6. The Balaban J connectivity index is 1.24. The van der Waals surface area contributed by atoms with Gasteiger partial charge in [0.15, 0.2) is 17.5 Å². The summed E-state index contributed by atoms with van der Waals surface area (Å²) in [4.78, 5) is 15.4. The maximum absolute atomic E-state index is 6.21. The summed E-state index contributed by atoms with van der Waals surface area (Å²) >= 11 is 0. The lowest BCUT2D eigenvalue weighted by atomic mass is 9.95. The van der Waals surface area contributed by atoms with E-state index in [-0.39, 0.29) is 0 Å². The molecule has 0 aliphatic carbocycles. The van der Waals surface area contributed by atoms with Gasteiger partial charge in [-0.3, -0.25) is 0 Å². The highest BCUT2D eigenvalue weighted by Gasteiger charge is 2.18. The van der Waals surface area contributed by atoms with Gasteiger partial charge in [-0.15, -0.1) is 0 Å². The van der Waals surface area contributed by atoms with Gasteiger partial charge in [-0.05, 0) is 61.3 Å². The minimum absolute atomic E-state index is 0.635. The number of nitrogens with zero attached hydrogens (tertiary/aromatic N) is 3. The lowest BCUT2D eigenvalue weighted by molar-refractivity contribution is 0.669. The maximum atomic E-state index is 6.21.